The highest BCUT2D eigenvalue weighted by Gasteiger charge is 2.43. The van der Waals surface area contributed by atoms with Crippen LogP contribution in [0.5, 0.6) is 0 Å². The number of hydrogen-bond acceptors (Lipinski definition) is 3. The van der Waals surface area contributed by atoms with E-state index in [9.17, 15) is 26.4 Å². The zero-order chi connectivity index (χ0) is 22.4. The molecule has 0 bridgehead atoms. The molecule has 1 aliphatic heterocycles. The Balaban J connectivity index is 1.65. The van der Waals surface area contributed by atoms with Gasteiger partial charge in [-0.3, -0.25) is 9.52 Å². The van der Waals surface area contributed by atoms with E-state index in [2.05, 4.69) is 20.7 Å². The molecule has 3 aromatic rings. The average molecular weight is 513 g/mol. The monoisotopic (exact) mass is 512 g/mol. The molecule has 0 atom stereocenters. The fourth-order valence-electron chi connectivity index (χ4n) is 3.61. The first kappa shape index (κ1) is 21.6. The molecule has 1 amide bonds. The van der Waals surface area contributed by atoms with Crippen molar-refractivity contribution < 1.29 is 26.4 Å². The Hall–Kier alpha value is -2.59. The molecular weight excluding hydrogens is 497 g/mol. The number of alkyl halides is 3. The molecule has 0 saturated heterocycles. The number of sulfonamides is 1. The van der Waals surface area contributed by atoms with Gasteiger partial charge in [-0.2, -0.15) is 13.2 Å². The molecule has 5 nitrogen and oxygen atoms in total. The van der Waals surface area contributed by atoms with E-state index >= 15 is 0 Å². The number of rotatable bonds is 3. The first-order valence-corrected chi connectivity index (χ1v) is 11.5. The number of hydrogen-bond donors (Lipinski definition) is 1. The van der Waals surface area contributed by atoms with Crippen LogP contribution in [0.2, 0.25) is 0 Å². The molecular formula is C21H16BrF3N2O3S. The smallest absolute Gasteiger partial charge is 0.330 e. The normalized spacial score (nSPS) is 14.4. The number of nitrogens with one attached hydrogen (secondary N) is 1. The van der Waals surface area contributed by atoms with Gasteiger partial charge >= 0.3 is 12.1 Å². The largest absolute Gasteiger partial charge is 0.471 e. The van der Waals surface area contributed by atoms with Gasteiger partial charge in [-0.25, -0.2) is 8.42 Å². The lowest BCUT2D eigenvalue weighted by atomic mass is 10.00. The fourth-order valence-corrected chi connectivity index (χ4v) is 5.22. The summed E-state index contributed by atoms with van der Waals surface area (Å²) in [5.74, 6) is -1.93. The minimum Gasteiger partial charge on any atom is -0.330 e. The van der Waals surface area contributed by atoms with E-state index in [4.69, 9.17) is 0 Å². The van der Waals surface area contributed by atoms with Gasteiger partial charge in [0.15, 0.2) is 0 Å². The Morgan fingerprint density at radius 1 is 1.00 bits per heavy atom. The molecule has 0 saturated carbocycles. The number of nitrogens with zero attached hydrogens (tertiary/aromatic N) is 1. The maximum absolute atomic E-state index is 13.0. The van der Waals surface area contributed by atoms with Crippen LogP contribution in [-0.2, 0) is 27.8 Å². The SMILES string of the molecule is O=C(N1CCc2ccc(S(=O)(=O)Nc3ccc(Br)c4ccccc34)cc2C1)C(F)(F)F. The first-order chi connectivity index (χ1) is 14.6. The van der Waals surface area contributed by atoms with Gasteiger partial charge in [-0.15, -0.1) is 0 Å². The summed E-state index contributed by atoms with van der Waals surface area (Å²) in [5.41, 5.74) is 1.48. The predicted octanol–water partition coefficient (Wildman–Crippen LogP) is 4.85. The zero-order valence-electron chi connectivity index (χ0n) is 15.9. The Morgan fingerprint density at radius 2 is 1.71 bits per heavy atom. The fraction of sp³-hybridized carbons (Fsp3) is 0.190. The second kappa shape index (κ2) is 7.83. The van der Waals surface area contributed by atoms with Gasteiger partial charge in [0.2, 0.25) is 0 Å². The molecule has 0 fully saturated rings. The van der Waals surface area contributed by atoms with Crippen LogP contribution in [0.25, 0.3) is 10.8 Å². The highest BCUT2D eigenvalue weighted by Crippen LogP contribution is 2.32. The summed E-state index contributed by atoms with van der Waals surface area (Å²) in [6, 6.07) is 14.9. The number of anilines is 1. The molecule has 31 heavy (non-hydrogen) atoms. The summed E-state index contributed by atoms with van der Waals surface area (Å²) in [5, 5.41) is 1.52. The summed E-state index contributed by atoms with van der Waals surface area (Å²) >= 11 is 3.44. The molecule has 162 valence electrons. The van der Waals surface area contributed by atoms with E-state index in [1.807, 2.05) is 12.1 Å². The van der Waals surface area contributed by atoms with Crippen molar-refractivity contribution in [2.45, 2.75) is 24.0 Å². The number of halogens is 4. The lowest BCUT2D eigenvalue weighted by Crippen LogP contribution is -2.43. The van der Waals surface area contributed by atoms with E-state index < -0.39 is 22.1 Å². The summed E-state index contributed by atoms with van der Waals surface area (Å²) in [6.45, 7) is -0.362. The van der Waals surface area contributed by atoms with Crippen molar-refractivity contribution in [2.24, 2.45) is 0 Å². The third-order valence-corrected chi connectivity index (χ3v) is 7.20. The molecule has 0 unspecified atom stereocenters. The van der Waals surface area contributed by atoms with Crippen LogP contribution in [0.15, 0.2) is 64.0 Å². The molecule has 0 radical (unpaired) electrons. The standard InChI is InChI=1S/C21H16BrF3N2O3S/c22-18-7-8-19(17-4-2-1-3-16(17)18)26-31(29,30)15-6-5-13-9-10-27(12-14(13)11-15)20(28)21(23,24)25/h1-8,11,26H,9-10,12H2. The maximum atomic E-state index is 13.0. The van der Waals surface area contributed by atoms with E-state index in [1.54, 1.807) is 30.3 Å². The zero-order valence-corrected chi connectivity index (χ0v) is 18.3. The van der Waals surface area contributed by atoms with Crippen LogP contribution in [0.4, 0.5) is 18.9 Å². The maximum Gasteiger partial charge on any atom is 0.471 e. The van der Waals surface area contributed by atoms with Crippen LogP contribution in [0, 0.1) is 0 Å². The Kier molecular flexibility index (Phi) is 5.47. The van der Waals surface area contributed by atoms with Crippen molar-refractivity contribution in [3.8, 4) is 0 Å². The van der Waals surface area contributed by atoms with Gasteiger partial charge < -0.3 is 4.90 Å². The van der Waals surface area contributed by atoms with Crippen molar-refractivity contribution in [1.82, 2.24) is 4.90 Å². The summed E-state index contributed by atoms with van der Waals surface area (Å²) in [7, 11) is -4.01. The number of carbonyl (C=O) groups is 1. The van der Waals surface area contributed by atoms with Gasteiger partial charge in [0.05, 0.1) is 10.6 Å². The van der Waals surface area contributed by atoms with Gasteiger partial charge in [0.25, 0.3) is 10.0 Å². The van der Waals surface area contributed by atoms with Crippen molar-refractivity contribution >= 4 is 48.3 Å². The summed E-state index contributed by atoms with van der Waals surface area (Å²) < 4.78 is 67.7. The highest BCUT2D eigenvalue weighted by atomic mass is 79.9. The summed E-state index contributed by atoms with van der Waals surface area (Å²) in [6.07, 6.45) is -4.74. The molecule has 0 spiro atoms. The molecule has 3 aromatic carbocycles. The van der Waals surface area contributed by atoms with Crippen molar-refractivity contribution in [1.29, 1.82) is 0 Å². The van der Waals surface area contributed by atoms with Gasteiger partial charge in [0, 0.05) is 22.9 Å². The molecule has 1 heterocycles. The minimum atomic E-state index is -4.97. The number of fused-ring (bicyclic) bond motifs is 2. The minimum absolute atomic E-state index is 0.0689. The van der Waals surface area contributed by atoms with Crippen LogP contribution >= 0.6 is 15.9 Å². The Morgan fingerprint density at radius 3 is 2.42 bits per heavy atom. The molecule has 0 aromatic heterocycles. The third-order valence-electron chi connectivity index (χ3n) is 5.15. The van der Waals surface area contributed by atoms with E-state index in [0.717, 1.165) is 15.4 Å². The predicted molar refractivity (Wildman–Crippen MR) is 114 cm³/mol. The third kappa shape index (κ3) is 4.27. The lowest BCUT2D eigenvalue weighted by Gasteiger charge is -2.29. The topological polar surface area (TPSA) is 66.5 Å². The van der Waals surface area contributed by atoms with Crippen LogP contribution in [0.1, 0.15) is 11.1 Å². The lowest BCUT2D eigenvalue weighted by molar-refractivity contribution is -0.186. The number of benzene rings is 3. The molecule has 4 rings (SSSR count). The van der Waals surface area contributed by atoms with Crippen LogP contribution in [0.3, 0.4) is 0 Å². The van der Waals surface area contributed by atoms with E-state index in [1.165, 1.54) is 12.1 Å². The highest BCUT2D eigenvalue weighted by molar-refractivity contribution is 9.10. The average Bonchev–Trinajstić information content (AvgIpc) is 2.74. The Labute approximate surface area is 185 Å². The number of amides is 1. The molecule has 1 aliphatic rings. The van der Waals surface area contributed by atoms with Crippen LogP contribution < -0.4 is 4.72 Å². The van der Waals surface area contributed by atoms with Gasteiger partial charge in [-0.1, -0.05) is 46.3 Å². The number of carbonyl (C=O) groups excluding carboxylic acids is 1. The molecule has 1 N–H and O–H groups in total. The first-order valence-electron chi connectivity index (χ1n) is 9.24. The van der Waals surface area contributed by atoms with Crippen molar-refractivity contribution in [3.05, 3.63) is 70.2 Å². The quantitative estimate of drug-likeness (QED) is 0.545. The Bertz CT molecular complexity index is 1290. The summed E-state index contributed by atoms with van der Waals surface area (Å²) in [4.78, 5) is 12.2. The van der Waals surface area contributed by atoms with Crippen LogP contribution in [-0.4, -0.2) is 31.9 Å². The van der Waals surface area contributed by atoms with E-state index in [-0.39, 0.29) is 24.4 Å². The van der Waals surface area contributed by atoms with E-state index in [0.29, 0.717) is 21.5 Å². The van der Waals surface area contributed by atoms with Gasteiger partial charge in [0.1, 0.15) is 0 Å². The van der Waals surface area contributed by atoms with Gasteiger partial charge in [-0.05, 0) is 47.2 Å². The second-order valence-corrected chi connectivity index (χ2v) is 9.69. The molecule has 10 heteroatoms. The van der Waals surface area contributed by atoms with Crippen molar-refractivity contribution in [2.75, 3.05) is 11.3 Å². The molecule has 0 aliphatic carbocycles. The van der Waals surface area contributed by atoms with Crippen molar-refractivity contribution in [3.63, 3.8) is 0 Å². The second-order valence-electron chi connectivity index (χ2n) is 7.15.